The monoisotopic (exact) mass is 156 g/mol. The van der Waals surface area contributed by atoms with Gasteiger partial charge in [-0.2, -0.15) is 0 Å². The van der Waals surface area contributed by atoms with Crippen LogP contribution in [0.15, 0.2) is 0 Å². The van der Waals surface area contributed by atoms with Crippen molar-refractivity contribution < 1.29 is 4.79 Å². The molecule has 0 aromatic rings. The quantitative estimate of drug-likeness (QED) is 0.620. The maximum atomic E-state index is 11.0. The molecule has 1 amide bonds. The highest BCUT2D eigenvalue weighted by Gasteiger charge is 2.19. The van der Waals surface area contributed by atoms with Gasteiger partial charge in [0.05, 0.1) is 6.54 Å². The molecule has 3 heteroatoms. The van der Waals surface area contributed by atoms with E-state index in [0.29, 0.717) is 12.6 Å². The standard InChI is InChI=1S/C8H16N2O/c1-3-4-10-5-7(2)9-8(11)6-10/h7H,3-6H2,1-2H3,(H,9,11)/t7-/m0/s1. The molecule has 0 bridgehead atoms. The number of hydrogen-bond donors (Lipinski definition) is 1. The smallest absolute Gasteiger partial charge is 0.234 e. The van der Waals surface area contributed by atoms with Crippen molar-refractivity contribution in [1.82, 2.24) is 10.2 Å². The van der Waals surface area contributed by atoms with Gasteiger partial charge in [-0.15, -0.1) is 0 Å². The zero-order chi connectivity index (χ0) is 8.27. The molecule has 0 aromatic carbocycles. The fourth-order valence-corrected chi connectivity index (χ4v) is 1.51. The average Bonchev–Trinajstić information content (AvgIpc) is 1.85. The lowest BCUT2D eigenvalue weighted by molar-refractivity contribution is -0.125. The van der Waals surface area contributed by atoms with Gasteiger partial charge >= 0.3 is 0 Å². The second-order valence-electron chi connectivity index (χ2n) is 3.20. The Morgan fingerprint density at radius 2 is 2.45 bits per heavy atom. The number of nitrogens with one attached hydrogen (secondary N) is 1. The lowest BCUT2D eigenvalue weighted by Gasteiger charge is -2.30. The molecule has 0 aliphatic carbocycles. The molecule has 0 aromatic heterocycles. The summed E-state index contributed by atoms with van der Waals surface area (Å²) in [5, 5.41) is 2.89. The summed E-state index contributed by atoms with van der Waals surface area (Å²) in [6, 6.07) is 0.322. The molecular formula is C8H16N2O. The minimum atomic E-state index is 0.164. The molecule has 11 heavy (non-hydrogen) atoms. The van der Waals surface area contributed by atoms with Gasteiger partial charge in [-0.25, -0.2) is 0 Å². The van der Waals surface area contributed by atoms with Gasteiger partial charge in [0.25, 0.3) is 0 Å². The highest BCUT2D eigenvalue weighted by molar-refractivity contribution is 5.79. The van der Waals surface area contributed by atoms with E-state index < -0.39 is 0 Å². The third kappa shape index (κ3) is 2.50. The number of carbonyl (C=O) groups is 1. The summed E-state index contributed by atoms with van der Waals surface area (Å²) in [7, 11) is 0. The van der Waals surface area contributed by atoms with Crippen molar-refractivity contribution in [3.05, 3.63) is 0 Å². The van der Waals surface area contributed by atoms with Gasteiger partial charge in [0.15, 0.2) is 0 Å². The largest absolute Gasteiger partial charge is 0.351 e. The molecule has 1 N–H and O–H groups in total. The van der Waals surface area contributed by atoms with Crippen molar-refractivity contribution in [2.24, 2.45) is 0 Å². The van der Waals surface area contributed by atoms with Gasteiger partial charge < -0.3 is 5.32 Å². The van der Waals surface area contributed by atoms with Crippen molar-refractivity contribution >= 4 is 5.91 Å². The van der Waals surface area contributed by atoms with Crippen molar-refractivity contribution in [2.75, 3.05) is 19.6 Å². The van der Waals surface area contributed by atoms with Crippen molar-refractivity contribution in [3.63, 3.8) is 0 Å². The maximum absolute atomic E-state index is 11.0. The Hall–Kier alpha value is -0.570. The molecule has 1 rings (SSSR count). The highest BCUT2D eigenvalue weighted by Crippen LogP contribution is 1.99. The van der Waals surface area contributed by atoms with E-state index >= 15 is 0 Å². The summed E-state index contributed by atoms with van der Waals surface area (Å²) in [6.45, 7) is 6.80. The van der Waals surface area contributed by atoms with Gasteiger partial charge in [-0.3, -0.25) is 9.69 Å². The molecule has 0 spiro atoms. The molecule has 1 aliphatic rings. The van der Waals surface area contributed by atoms with Crippen molar-refractivity contribution in [1.29, 1.82) is 0 Å². The predicted octanol–water partition coefficient (Wildman–Crippen LogP) is 0.217. The minimum Gasteiger partial charge on any atom is -0.351 e. The first-order chi connectivity index (χ1) is 5.22. The summed E-state index contributed by atoms with van der Waals surface area (Å²) in [5.41, 5.74) is 0. The van der Waals surface area contributed by atoms with Crippen LogP contribution in [-0.2, 0) is 4.79 Å². The van der Waals surface area contributed by atoms with E-state index in [0.717, 1.165) is 19.5 Å². The molecule has 1 heterocycles. The minimum absolute atomic E-state index is 0.164. The summed E-state index contributed by atoms with van der Waals surface area (Å²) in [4.78, 5) is 13.2. The summed E-state index contributed by atoms with van der Waals surface area (Å²) in [5.74, 6) is 0.164. The van der Waals surface area contributed by atoms with Crippen LogP contribution >= 0.6 is 0 Å². The van der Waals surface area contributed by atoms with Crippen LogP contribution in [0.25, 0.3) is 0 Å². The van der Waals surface area contributed by atoms with Crippen LogP contribution < -0.4 is 5.32 Å². The van der Waals surface area contributed by atoms with Crippen LogP contribution in [-0.4, -0.2) is 36.5 Å². The Labute approximate surface area is 67.8 Å². The number of carbonyl (C=O) groups excluding carboxylic acids is 1. The first-order valence-corrected chi connectivity index (χ1v) is 4.24. The summed E-state index contributed by atoms with van der Waals surface area (Å²) >= 11 is 0. The van der Waals surface area contributed by atoms with E-state index in [1.54, 1.807) is 0 Å². The Morgan fingerprint density at radius 1 is 1.73 bits per heavy atom. The van der Waals surface area contributed by atoms with Crippen LogP contribution in [0, 0.1) is 0 Å². The molecule has 64 valence electrons. The molecule has 3 nitrogen and oxygen atoms in total. The maximum Gasteiger partial charge on any atom is 0.234 e. The molecular weight excluding hydrogens is 140 g/mol. The topological polar surface area (TPSA) is 32.3 Å². The Bertz CT molecular complexity index is 147. The van der Waals surface area contributed by atoms with E-state index in [1.165, 1.54) is 0 Å². The van der Waals surface area contributed by atoms with Gasteiger partial charge in [0.2, 0.25) is 5.91 Å². The van der Waals surface area contributed by atoms with Crippen LogP contribution in [0.3, 0.4) is 0 Å². The van der Waals surface area contributed by atoms with E-state index in [1.807, 2.05) is 6.92 Å². The normalized spacial score (nSPS) is 26.7. The third-order valence-corrected chi connectivity index (χ3v) is 1.85. The van der Waals surface area contributed by atoms with Gasteiger partial charge in [0, 0.05) is 12.6 Å². The number of piperazine rings is 1. The summed E-state index contributed by atoms with van der Waals surface area (Å²) in [6.07, 6.45) is 1.12. The number of amides is 1. The second kappa shape index (κ2) is 3.72. The molecule has 0 radical (unpaired) electrons. The molecule has 1 fully saturated rings. The van der Waals surface area contributed by atoms with Crippen molar-refractivity contribution in [3.8, 4) is 0 Å². The van der Waals surface area contributed by atoms with Crippen LogP contribution in [0.4, 0.5) is 0 Å². The first kappa shape index (κ1) is 8.53. The van der Waals surface area contributed by atoms with Crippen LogP contribution in [0.5, 0.6) is 0 Å². The van der Waals surface area contributed by atoms with E-state index in [4.69, 9.17) is 0 Å². The third-order valence-electron chi connectivity index (χ3n) is 1.85. The molecule has 1 atom stereocenters. The number of nitrogens with zero attached hydrogens (tertiary/aromatic N) is 1. The van der Waals surface area contributed by atoms with Gasteiger partial charge in [0.1, 0.15) is 0 Å². The van der Waals surface area contributed by atoms with E-state index in [9.17, 15) is 4.79 Å². The second-order valence-corrected chi connectivity index (χ2v) is 3.20. The SMILES string of the molecule is CCCN1CC(=O)N[C@@H](C)C1. The molecule has 1 aliphatic heterocycles. The number of rotatable bonds is 2. The molecule has 0 unspecified atom stereocenters. The molecule has 1 saturated heterocycles. The van der Waals surface area contributed by atoms with Gasteiger partial charge in [-0.05, 0) is 19.9 Å². The zero-order valence-corrected chi connectivity index (χ0v) is 7.26. The van der Waals surface area contributed by atoms with E-state index in [2.05, 4.69) is 17.1 Å². The Kier molecular flexibility index (Phi) is 2.88. The predicted molar refractivity (Wildman–Crippen MR) is 44.3 cm³/mol. The number of hydrogen-bond acceptors (Lipinski definition) is 2. The van der Waals surface area contributed by atoms with E-state index in [-0.39, 0.29) is 5.91 Å². The lowest BCUT2D eigenvalue weighted by Crippen LogP contribution is -2.52. The first-order valence-electron chi connectivity index (χ1n) is 4.24. The lowest BCUT2D eigenvalue weighted by atomic mass is 10.2. The van der Waals surface area contributed by atoms with Gasteiger partial charge in [-0.1, -0.05) is 6.92 Å². The van der Waals surface area contributed by atoms with Crippen molar-refractivity contribution in [2.45, 2.75) is 26.3 Å². The fraction of sp³-hybridized carbons (Fsp3) is 0.875. The van der Waals surface area contributed by atoms with Crippen LogP contribution in [0.2, 0.25) is 0 Å². The Balaban J connectivity index is 2.36. The van der Waals surface area contributed by atoms with Crippen LogP contribution in [0.1, 0.15) is 20.3 Å². The Morgan fingerprint density at radius 3 is 3.00 bits per heavy atom. The fourth-order valence-electron chi connectivity index (χ4n) is 1.51. The molecule has 0 saturated carbocycles. The highest BCUT2D eigenvalue weighted by atomic mass is 16.2. The summed E-state index contributed by atoms with van der Waals surface area (Å²) < 4.78 is 0. The zero-order valence-electron chi connectivity index (χ0n) is 7.26. The average molecular weight is 156 g/mol.